The van der Waals surface area contributed by atoms with E-state index in [2.05, 4.69) is 26.1 Å². The van der Waals surface area contributed by atoms with Gasteiger partial charge in [0.25, 0.3) is 0 Å². The minimum Gasteiger partial charge on any atom is -0.480 e. The Morgan fingerprint density at radius 1 is 1.22 bits per heavy atom. The molecule has 0 amide bonds. The molecule has 2 rings (SSSR count). The second kappa shape index (κ2) is 5.93. The third-order valence-electron chi connectivity index (χ3n) is 2.58. The van der Waals surface area contributed by atoms with Crippen molar-refractivity contribution >= 4 is 15.9 Å². The number of nitrogens with zero attached hydrogens (tertiary/aromatic N) is 2. The summed E-state index contributed by atoms with van der Waals surface area (Å²) >= 11 is 3.45. The lowest BCUT2D eigenvalue weighted by Crippen LogP contribution is -2.06. The van der Waals surface area contributed by atoms with Gasteiger partial charge in [-0.25, -0.2) is 0 Å². The fourth-order valence-electron chi connectivity index (χ4n) is 1.59. The molecular weight excluding hydrogens is 296 g/mol. The van der Waals surface area contributed by atoms with Gasteiger partial charge < -0.3 is 9.84 Å². The van der Waals surface area contributed by atoms with Gasteiger partial charge in [0.2, 0.25) is 5.88 Å². The van der Waals surface area contributed by atoms with Crippen LogP contribution in [-0.4, -0.2) is 22.4 Å². The Labute approximate surface area is 114 Å². The van der Waals surface area contributed by atoms with E-state index in [1.807, 2.05) is 24.3 Å². The van der Waals surface area contributed by atoms with Gasteiger partial charge in [-0.3, -0.25) is 0 Å². The Kier molecular flexibility index (Phi) is 4.28. The standard InChI is InChI=1S/C13H13BrN2O2/c1-18-13-7-6-11(15-16-13)12(17)8-9-4-2-3-5-10(9)14/h2-7,12,17H,8H2,1H3. The highest BCUT2D eigenvalue weighted by atomic mass is 79.9. The van der Waals surface area contributed by atoms with Crippen LogP contribution in [0.5, 0.6) is 5.88 Å². The zero-order valence-corrected chi connectivity index (χ0v) is 11.5. The van der Waals surface area contributed by atoms with Crippen LogP contribution in [-0.2, 0) is 6.42 Å². The summed E-state index contributed by atoms with van der Waals surface area (Å²) in [7, 11) is 1.53. The number of hydrogen-bond acceptors (Lipinski definition) is 4. The first-order valence-corrected chi connectivity index (χ1v) is 6.29. The number of methoxy groups -OCH3 is 1. The summed E-state index contributed by atoms with van der Waals surface area (Å²) in [4.78, 5) is 0. The average Bonchev–Trinajstić information content (AvgIpc) is 2.41. The highest BCUT2D eigenvalue weighted by Gasteiger charge is 2.12. The molecule has 2 aromatic rings. The van der Waals surface area contributed by atoms with Crippen LogP contribution in [0, 0.1) is 0 Å². The van der Waals surface area contributed by atoms with Crippen molar-refractivity contribution in [3.63, 3.8) is 0 Å². The molecule has 1 atom stereocenters. The Morgan fingerprint density at radius 2 is 2.00 bits per heavy atom. The van der Waals surface area contributed by atoms with E-state index in [4.69, 9.17) is 4.74 Å². The highest BCUT2D eigenvalue weighted by molar-refractivity contribution is 9.10. The van der Waals surface area contributed by atoms with Crippen molar-refractivity contribution in [1.82, 2.24) is 10.2 Å². The van der Waals surface area contributed by atoms with Crippen molar-refractivity contribution < 1.29 is 9.84 Å². The summed E-state index contributed by atoms with van der Waals surface area (Å²) in [5.41, 5.74) is 1.56. The Hall–Kier alpha value is -1.46. The molecule has 1 N–H and O–H groups in total. The normalized spacial score (nSPS) is 12.2. The minimum absolute atomic E-state index is 0.437. The van der Waals surface area contributed by atoms with Crippen molar-refractivity contribution in [2.45, 2.75) is 12.5 Å². The molecule has 18 heavy (non-hydrogen) atoms. The largest absolute Gasteiger partial charge is 0.480 e. The van der Waals surface area contributed by atoms with Crippen molar-refractivity contribution in [2.24, 2.45) is 0 Å². The van der Waals surface area contributed by atoms with Crippen LogP contribution in [0.2, 0.25) is 0 Å². The fourth-order valence-corrected chi connectivity index (χ4v) is 2.04. The average molecular weight is 309 g/mol. The molecule has 94 valence electrons. The van der Waals surface area contributed by atoms with Gasteiger partial charge in [-0.2, -0.15) is 0 Å². The maximum Gasteiger partial charge on any atom is 0.233 e. The molecule has 0 bridgehead atoms. The monoisotopic (exact) mass is 308 g/mol. The van der Waals surface area contributed by atoms with Crippen LogP contribution in [0.15, 0.2) is 40.9 Å². The number of aromatic nitrogens is 2. The molecule has 1 heterocycles. The molecule has 1 aromatic heterocycles. The SMILES string of the molecule is COc1ccc(C(O)Cc2ccccc2Br)nn1. The van der Waals surface area contributed by atoms with E-state index in [9.17, 15) is 5.11 Å². The van der Waals surface area contributed by atoms with E-state index < -0.39 is 6.10 Å². The number of rotatable bonds is 4. The first-order valence-electron chi connectivity index (χ1n) is 5.50. The quantitative estimate of drug-likeness (QED) is 0.943. The van der Waals surface area contributed by atoms with Crippen LogP contribution in [0.25, 0.3) is 0 Å². The van der Waals surface area contributed by atoms with Gasteiger partial charge in [0.15, 0.2) is 0 Å². The van der Waals surface area contributed by atoms with Gasteiger partial charge in [0.05, 0.1) is 12.8 Å². The van der Waals surface area contributed by atoms with E-state index in [0.29, 0.717) is 18.0 Å². The molecule has 0 saturated carbocycles. The Morgan fingerprint density at radius 3 is 2.61 bits per heavy atom. The second-order valence-corrected chi connectivity index (χ2v) is 4.67. The molecule has 0 radical (unpaired) electrons. The highest BCUT2D eigenvalue weighted by Crippen LogP contribution is 2.22. The molecule has 1 aromatic carbocycles. The number of halogens is 1. The first-order chi connectivity index (χ1) is 8.70. The number of aliphatic hydroxyl groups excluding tert-OH is 1. The van der Waals surface area contributed by atoms with Crippen molar-refractivity contribution in [2.75, 3.05) is 7.11 Å². The summed E-state index contributed by atoms with van der Waals surface area (Å²) < 4.78 is 5.90. The molecule has 0 saturated heterocycles. The molecule has 0 spiro atoms. The maximum absolute atomic E-state index is 10.1. The van der Waals surface area contributed by atoms with Crippen LogP contribution < -0.4 is 4.74 Å². The van der Waals surface area contributed by atoms with Gasteiger partial charge in [-0.1, -0.05) is 34.1 Å². The van der Waals surface area contributed by atoms with Crippen molar-refractivity contribution in [3.05, 3.63) is 52.1 Å². The zero-order valence-electron chi connectivity index (χ0n) is 9.88. The molecule has 0 fully saturated rings. The topological polar surface area (TPSA) is 55.2 Å². The fraction of sp³-hybridized carbons (Fsp3) is 0.231. The number of aliphatic hydroxyl groups is 1. The smallest absolute Gasteiger partial charge is 0.233 e. The van der Waals surface area contributed by atoms with Gasteiger partial charge in [-0.05, 0) is 17.7 Å². The summed E-state index contributed by atoms with van der Waals surface area (Å²) in [6.07, 6.45) is -0.190. The molecule has 0 aliphatic rings. The second-order valence-electron chi connectivity index (χ2n) is 3.81. The first kappa shape index (κ1) is 13.0. The van der Waals surface area contributed by atoms with Crippen molar-refractivity contribution in [1.29, 1.82) is 0 Å². The van der Waals surface area contributed by atoms with Gasteiger partial charge >= 0.3 is 0 Å². The van der Waals surface area contributed by atoms with Crippen LogP contribution in [0.1, 0.15) is 17.4 Å². The maximum atomic E-state index is 10.1. The van der Waals surface area contributed by atoms with Crippen molar-refractivity contribution in [3.8, 4) is 5.88 Å². The predicted molar refractivity (Wildman–Crippen MR) is 71.4 cm³/mol. The molecule has 0 aliphatic carbocycles. The van der Waals surface area contributed by atoms with E-state index in [-0.39, 0.29) is 0 Å². The molecule has 5 heteroatoms. The molecule has 0 aliphatic heterocycles. The van der Waals surface area contributed by atoms with E-state index in [1.54, 1.807) is 12.1 Å². The molecular formula is C13H13BrN2O2. The van der Waals surface area contributed by atoms with Crippen LogP contribution in [0.3, 0.4) is 0 Å². The molecule has 4 nitrogen and oxygen atoms in total. The number of hydrogen-bond donors (Lipinski definition) is 1. The minimum atomic E-state index is -0.679. The zero-order chi connectivity index (χ0) is 13.0. The Balaban J connectivity index is 2.11. The van der Waals surface area contributed by atoms with E-state index in [1.165, 1.54) is 7.11 Å². The Bertz CT molecular complexity index is 517. The summed E-state index contributed by atoms with van der Waals surface area (Å²) in [6, 6.07) is 11.2. The lowest BCUT2D eigenvalue weighted by Gasteiger charge is -2.11. The lowest BCUT2D eigenvalue weighted by molar-refractivity contribution is 0.172. The van der Waals surface area contributed by atoms with Gasteiger partial charge in [-0.15, -0.1) is 10.2 Å². The third-order valence-corrected chi connectivity index (χ3v) is 3.36. The van der Waals surface area contributed by atoms with E-state index >= 15 is 0 Å². The summed E-state index contributed by atoms with van der Waals surface area (Å²) in [6.45, 7) is 0. The third kappa shape index (κ3) is 3.05. The molecule has 1 unspecified atom stereocenters. The van der Waals surface area contributed by atoms with Crippen LogP contribution >= 0.6 is 15.9 Å². The van der Waals surface area contributed by atoms with Gasteiger partial charge in [0.1, 0.15) is 6.10 Å². The lowest BCUT2D eigenvalue weighted by atomic mass is 10.1. The predicted octanol–water partition coefficient (Wildman–Crippen LogP) is 2.52. The summed E-state index contributed by atoms with van der Waals surface area (Å²) in [5, 5.41) is 17.9. The van der Waals surface area contributed by atoms with Crippen LogP contribution in [0.4, 0.5) is 0 Å². The van der Waals surface area contributed by atoms with Gasteiger partial charge in [0, 0.05) is 17.0 Å². The number of ether oxygens (including phenoxy) is 1. The number of benzene rings is 1. The van der Waals surface area contributed by atoms with E-state index in [0.717, 1.165) is 10.0 Å². The summed E-state index contributed by atoms with van der Waals surface area (Å²) in [5.74, 6) is 0.437.